The van der Waals surface area contributed by atoms with E-state index in [2.05, 4.69) is 15.4 Å². The molecule has 2 heterocycles. The van der Waals surface area contributed by atoms with Crippen molar-refractivity contribution in [3.05, 3.63) is 21.5 Å². The van der Waals surface area contributed by atoms with Gasteiger partial charge in [-0.05, 0) is 26.7 Å². The van der Waals surface area contributed by atoms with Gasteiger partial charge in [-0.3, -0.25) is 19.6 Å². The molecule has 20 heavy (non-hydrogen) atoms. The average molecular weight is 279 g/mol. The summed E-state index contributed by atoms with van der Waals surface area (Å²) in [7, 11) is 0. The Morgan fingerprint density at radius 3 is 2.65 bits per heavy atom. The second kappa shape index (κ2) is 5.91. The van der Waals surface area contributed by atoms with E-state index in [-0.39, 0.29) is 18.1 Å². The van der Waals surface area contributed by atoms with Crippen molar-refractivity contribution < 1.29 is 9.72 Å². The Bertz CT molecular complexity index is 568. The minimum absolute atomic E-state index is 0.0349. The molecule has 0 radical (unpaired) electrons. The van der Waals surface area contributed by atoms with Crippen LogP contribution in [0.15, 0.2) is 4.99 Å². The minimum atomic E-state index is -0.475. The van der Waals surface area contributed by atoms with Crippen LogP contribution in [0.25, 0.3) is 0 Å². The number of aliphatic imine (C=N–C) groups is 1. The first-order valence-electron chi connectivity index (χ1n) is 6.47. The lowest BCUT2D eigenvalue weighted by Gasteiger charge is -2.13. The van der Waals surface area contributed by atoms with Crippen molar-refractivity contribution in [2.75, 3.05) is 13.1 Å². The number of aryl methyl sites for hydroxylation is 1. The summed E-state index contributed by atoms with van der Waals surface area (Å²) in [5, 5.41) is 18.1. The van der Waals surface area contributed by atoms with Crippen molar-refractivity contribution in [2.45, 2.75) is 33.2 Å². The number of nitrogens with zero attached hydrogens (tertiary/aromatic N) is 4. The van der Waals surface area contributed by atoms with Crippen molar-refractivity contribution in [1.82, 2.24) is 15.1 Å². The molecule has 1 aliphatic rings. The van der Waals surface area contributed by atoms with Gasteiger partial charge in [0.15, 0.2) is 0 Å². The van der Waals surface area contributed by atoms with Crippen LogP contribution in [0.3, 0.4) is 0 Å². The van der Waals surface area contributed by atoms with Gasteiger partial charge in [0.25, 0.3) is 5.91 Å². The van der Waals surface area contributed by atoms with Crippen molar-refractivity contribution in [1.29, 1.82) is 0 Å². The van der Waals surface area contributed by atoms with Gasteiger partial charge in [-0.15, -0.1) is 0 Å². The highest BCUT2D eigenvalue weighted by atomic mass is 16.6. The number of rotatable bonds is 3. The normalized spacial score (nSPS) is 15.2. The fourth-order valence-electron chi connectivity index (χ4n) is 2.27. The summed E-state index contributed by atoms with van der Waals surface area (Å²) >= 11 is 0. The number of nitro groups is 1. The Morgan fingerprint density at radius 1 is 1.45 bits per heavy atom. The minimum Gasteiger partial charge on any atom is -0.316 e. The van der Waals surface area contributed by atoms with E-state index in [0.29, 0.717) is 11.4 Å². The van der Waals surface area contributed by atoms with Crippen LogP contribution in [0.5, 0.6) is 0 Å². The number of hydrogen-bond donors (Lipinski definition) is 1. The monoisotopic (exact) mass is 279 g/mol. The van der Waals surface area contributed by atoms with Gasteiger partial charge < -0.3 is 5.32 Å². The Balaban J connectivity index is 2.12. The van der Waals surface area contributed by atoms with E-state index in [9.17, 15) is 14.9 Å². The fraction of sp³-hybridized carbons (Fsp3) is 0.583. The number of carbonyl (C=O) groups excluding carboxylic acids is 1. The molecule has 1 aromatic rings. The van der Waals surface area contributed by atoms with E-state index in [1.807, 2.05) is 0 Å². The van der Waals surface area contributed by atoms with Crippen LogP contribution in [0.1, 0.15) is 24.2 Å². The molecule has 1 amide bonds. The van der Waals surface area contributed by atoms with Gasteiger partial charge in [-0.1, -0.05) is 0 Å². The van der Waals surface area contributed by atoms with Crippen molar-refractivity contribution in [3.8, 4) is 0 Å². The molecule has 1 fully saturated rings. The first-order chi connectivity index (χ1) is 9.49. The van der Waals surface area contributed by atoms with Crippen molar-refractivity contribution >= 4 is 17.3 Å². The highest BCUT2D eigenvalue weighted by Crippen LogP contribution is 2.21. The molecule has 1 aliphatic heterocycles. The molecule has 1 aromatic heterocycles. The third-order valence-electron chi connectivity index (χ3n) is 3.27. The van der Waals surface area contributed by atoms with Crippen LogP contribution in [0.4, 0.5) is 5.69 Å². The van der Waals surface area contributed by atoms with Crippen molar-refractivity contribution in [2.24, 2.45) is 4.99 Å². The summed E-state index contributed by atoms with van der Waals surface area (Å²) in [6.07, 6.45) is 1.53. The van der Waals surface area contributed by atoms with Gasteiger partial charge in [-0.2, -0.15) is 5.10 Å². The second-order valence-electron chi connectivity index (χ2n) is 4.76. The maximum absolute atomic E-state index is 11.9. The Labute approximate surface area is 116 Å². The van der Waals surface area contributed by atoms with E-state index in [4.69, 9.17) is 0 Å². The van der Waals surface area contributed by atoms with Crippen LogP contribution in [-0.2, 0) is 11.3 Å². The zero-order chi connectivity index (χ0) is 14.7. The molecule has 0 bridgehead atoms. The van der Waals surface area contributed by atoms with Crippen molar-refractivity contribution in [3.63, 3.8) is 0 Å². The standard InChI is InChI=1S/C12H17N5O3/c1-8-12(17(19)20)9(2)16(15-8)7-11(18)14-10-3-5-13-6-4-10/h13H,3-7H2,1-2H3. The molecule has 1 N–H and O–H groups in total. The largest absolute Gasteiger partial charge is 0.316 e. The first kappa shape index (κ1) is 14.3. The summed E-state index contributed by atoms with van der Waals surface area (Å²) in [6, 6.07) is 0. The highest BCUT2D eigenvalue weighted by molar-refractivity contribution is 5.96. The molecule has 0 aliphatic carbocycles. The molecule has 0 saturated carbocycles. The average Bonchev–Trinajstić information content (AvgIpc) is 2.65. The summed E-state index contributed by atoms with van der Waals surface area (Å²) in [5.74, 6) is -0.317. The first-order valence-corrected chi connectivity index (χ1v) is 6.47. The SMILES string of the molecule is Cc1nn(CC(=O)N=C2CCNCC2)c(C)c1[N+](=O)[O-]. The Morgan fingerprint density at radius 2 is 2.10 bits per heavy atom. The van der Waals surface area contributed by atoms with Crippen LogP contribution in [0.2, 0.25) is 0 Å². The third kappa shape index (κ3) is 3.08. The number of aromatic nitrogens is 2. The molecule has 0 aromatic carbocycles. The maximum atomic E-state index is 11.9. The molecular formula is C12H17N5O3. The Kier molecular flexibility index (Phi) is 4.23. The van der Waals surface area contributed by atoms with E-state index in [1.165, 1.54) is 4.68 Å². The van der Waals surface area contributed by atoms with Gasteiger partial charge >= 0.3 is 5.69 Å². The van der Waals surface area contributed by atoms with Gasteiger partial charge in [0, 0.05) is 18.8 Å². The molecule has 8 nitrogen and oxygen atoms in total. The van der Waals surface area contributed by atoms with Crippen LogP contribution in [0, 0.1) is 24.0 Å². The molecule has 0 atom stereocenters. The summed E-state index contributed by atoms with van der Waals surface area (Å²) in [6.45, 7) is 4.75. The van der Waals surface area contributed by atoms with Gasteiger partial charge in [0.05, 0.1) is 4.92 Å². The summed E-state index contributed by atoms with van der Waals surface area (Å²) < 4.78 is 1.35. The van der Waals surface area contributed by atoms with E-state index >= 15 is 0 Å². The van der Waals surface area contributed by atoms with Gasteiger partial charge in [0.2, 0.25) is 0 Å². The molecule has 0 unspecified atom stereocenters. The lowest BCUT2D eigenvalue weighted by molar-refractivity contribution is -0.386. The van der Waals surface area contributed by atoms with Crippen LogP contribution in [-0.4, -0.2) is 39.4 Å². The molecular weight excluding hydrogens is 262 g/mol. The number of hydrogen-bond acceptors (Lipinski definition) is 5. The number of amides is 1. The number of piperidine rings is 1. The van der Waals surface area contributed by atoms with E-state index in [0.717, 1.165) is 31.6 Å². The highest BCUT2D eigenvalue weighted by Gasteiger charge is 2.22. The van der Waals surface area contributed by atoms with Crippen LogP contribution >= 0.6 is 0 Å². The summed E-state index contributed by atoms with van der Waals surface area (Å²) in [5.41, 5.74) is 1.54. The number of carbonyl (C=O) groups is 1. The zero-order valence-electron chi connectivity index (χ0n) is 11.5. The summed E-state index contributed by atoms with van der Waals surface area (Å²) in [4.78, 5) is 26.4. The quantitative estimate of drug-likeness (QED) is 0.650. The predicted molar refractivity (Wildman–Crippen MR) is 72.9 cm³/mol. The number of nitrogens with one attached hydrogen (secondary N) is 1. The van der Waals surface area contributed by atoms with E-state index in [1.54, 1.807) is 13.8 Å². The fourth-order valence-corrected chi connectivity index (χ4v) is 2.27. The second-order valence-corrected chi connectivity index (χ2v) is 4.76. The van der Waals surface area contributed by atoms with Gasteiger partial charge in [-0.25, -0.2) is 4.99 Å². The lowest BCUT2D eigenvalue weighted by atomic mass is 10.1. The predicted octanol–water partition coefficient (Wildman–Crippen LogP) is 0.759. The molecule has 108 valence electrons. The van der Waals surface area contributed by atoms with E-state index < -0.39 is 4.92 Å². The smallest absolute Gasteiger partial charge is 0.312 e. The van der Waals surface area contributed by atoms with Crippen LogP contribution < -0.4 is 5.32 Å². The van der Waals surface area contributed by atoms with Gasteiger partial charge in [0.1, 0.15) is 17.9 Å². The molecule has 1 saturated heterocycles. The maximum Gasteiger partial charge on any atom is 0.312 e. The Hall–Kier alpha value is -2.09. The molecule has 0 spiro atoms. The molecule has 2 rings (SSSR count). The lowest BCUT2D eigenvalue weighted by Crippen LogP contribution is -2.28. The topological polar surface area (TPSA) is 102 Å². The molecule has 8 heteroatoms. The third-order valence-corrected chi connectivity index (χ3v) is 3.27. The zero-order valence-corrected chi connectivity index (χ0v) is 11.5.